The van der Waals surface area contributed by atoms with E-state index in [1.165, 1.54) is 19.3 Å². The molecule has 25 heavy (non-hydrogen) atoms. The van der Waals surface area contributed by atoms with Crippen LogP contribution in [-0.4, -0.2) is 29.8 Å². The first-order chi connectivity index (χ1) is 12.2. The SMILES string of the molecule is C#CCCCC1(CC/C=C\CCCCCCCC(=O)NCCO)N=N1. The number of nitrogens with one attached hydrogen (secondary N) is 1. The zero-order chi connectivity index (χ0) is 18.2. The first-order valence-corrected chi connectivity index (χ1v) is 9.62. The van der Waals surface area contributed by atoms with Gasteiger partial charge >= 0.3 is 0 Å². The lowest BCUT2D eigenvalue weighted by Gasteiger charge is -2.07. The minimum absolute atomic E-state index is 0.00947. The summed E-state index contributed by atoms with van der Waals surface area (Å²) in [7, 11) is 0. The van der Waals surface area contributed by atoms with Crippen molar-refractivity contribution in [3.63, 3.8) is 0 Å². The van der Waals surface area contributed by atoms with Crippen molar-refractivity contribution in [1.82, 2.24) is 5.32 Å². The maximum atomic E-state index is 11.3. The average Bonchev–Trinajstić information content (AvgIpc) is 3.38. The minimum Gasteiger partial charge on any atom is -0.395 e. The number of aliphatic hydroxyl groups is 1. The van der Waals surface area contributed by atoms with E-state index in [1.807, 2.05) is 0 Å². The third-order valence-electron chi connectivity index (χ3n) is 4.37. The van der Waals surface area contributed by atoms with Crippen LogP contribution in [0.5, 0.6) is 0 Å². The summed E-state index contributed by atoms with van der Waals surface area (Å²) in [4.78, 5) is 11.3. The first kappa shape index (κ1) is 21.4. The zero-order valence-electron chi connectivity index (χ0n) is 15.4. The second kappa shape index (κ2) is 13.6. The van der Waals surface area contributed by atoms with Crippen molar-refractivity contribution in [1.29, 1.82) is 0 Å². The van der Waals surface area contributed by atoms with Crippen LogP contribution in [0.1, 0.15) is 77.0 Å². The van der Waals surface area contributed by atoms with Crippen molar-refractivity contribution in [2.24, 2.45) is 10.2 Å². The van der Waals surface area contributed by atoms with Gasteiger partial charge in [-0.25, -0.2) is 0 Å². The van der Waals surface area contributed by atoms with E-state index in [-0.39, 0.29) is 18.2 Å². The minimum atomic E-state index is -0.106. The molecule has 0 saturated heterocycles. The molecular weight excluding hydrogens is 314 g/mol. The first-order valence-electron chi connectivity index (χ1n) is 9.62. The van der Waals surface area contributed by atoms with Gasteiger partial charge in [0, 0.05) is 19.4 Å². The monoisotopic (exact) mass is 347 g/mol. The highest BCUT2D eigenvalue weighted by Gasteiger charge is 2.37. The van der Waals surface area contributed by atoms with Crippen LogP contribution in [0.4, 0.5) is 0 Å². The van der Waals surface area contributed by atoms with Crippen molar-refractivity contribution in [2.75, 3.05) is 13.2 Å². The van der Waals surface area contributed by atoms with Crippen LogP contribution in [0.3, 0.4) is 0 Å². The molecule has 0 radical (unpaired) electrons. The smallest absolute Gasteiger partial charge is 0.220 e. The topological polar surface area (TPSA) is 74.0 Å². The Morgan fingerprint density at radius 3 is 2.48 bits per heavy atom. The predicted molar refractivity (Wildman–Crippen MR) is 101 cm³/mol. The van der Waals surface area contributed by atoms with Gasteiger partial charge in [-0.2, -0.15) is 10.2 Å². The van der Waals surface area contributed by atoms with Crippen LogP contribution in [0, 0.1) is 12.3 Å². The van der Waals surface area contributed by atoms with E-state index in [0.29, 0.717) is 13.0 Å². The number of carbonyl (C=O) groups is 1. The molecule has 1 amide bonds. The summed E-state index contributed by atoms with van der Waals surface area (Å²) < 4.78 is 0. The second-order valence-corrected chi connectivity index (χ2v) is 6.63. The largest absolute Gasteiger partial charge is 0.395 e. The van der Waals surface area contributed by atoms with Crippen molar-refractivity contribution >= 4 is 5.91 Å². The molecule has 1 aliphatic heterocycles. The number of amides is 1. The summed E-state index contributed by atoms with van der Waals surface area (Å²) in [5.41, 5.74) is -0.106. The highest BCUT2D eigenvalue weighted by Crippen LogP contribution is 2.38. The van der Waals surface area contributed by atoms with Crippen molar-refractivity contribution in [3.8, 4) is 12.3 Å². The lowest BCUT2D eigenvalue weighted by molar-refractivity contribution is -0.121. The van der Waals surface area contributed by atoms with Gasteiger partial charge in [0.25, 0.3) is 0 Å². The van der Waals surface area contributed by atoms with Crippen LogP contribution >= 0.6 is 0 Å². The lowest BCUT2D eigenvalue weighted by atomic mass is 10.0. The Hall–Kier alpha value is -1.67. The van der Waals surface area contributed by atoms with Gasteiger partial charge in [0.1, 0.15) is 0 Å². The van der Waals surface area contributed by atoms with Crippen LogP contribution in [0.25, 0.3) is 0 Å². The fourth-order valence-corrected chi connectivity index (χ4v) is 2.78. The average molecular weight is 348 g/mol. The summed E-state index contributed by atoms with van der Waals surface area (Å²) in [6.45, 7) is 0.370. The van der Waals surface area contributed by atoms with Gasteiger partial charge in [-0.1, -0.05) is 31.4 Å². The Bertz CT molecular complexity index is 460. The molecule has 140 valence electrons. The molecule has 1 heterocycles. The van der Waals surface area contributed by atoms with Crippen molar-refractivity contribution < 1.29 is 9.90 Å². The normalized spacial score (nSPS) is 14.6. The fourth-order valence-electron chi connectivity index (χ4n) is 2.78. The maximum absolute atomic E-state index is 11.3. The van der Waals surface area contributed by atoms with Gasteiger partial charge in [0.15, 0.2) is 5.66 Å². The van der Waals surface area contributed by atoms with Crippen LogP contribution in [-0.2, 0) is 4.79 Å². The number of unbranched alkanes of at least 4 members (excludes halogenated alkanes) is 6. The molecule has 0 atom stereocenters. The third kappa shape index (κ3) is 11.5. The van der Waals surface area contributed by atoms with Crippen molar-refractivity contribution in [3.05, 3.63) is 12.2 Å². The third-order valence-corrected chi connectivity index (χ3v) is 4.37. The van der Waals surface area contributed by atoms with Crippen molar-refractivity contribution in [2.45, 2.75) is 82.7 Å². The Morgan fingerprint density at radius 1 is 1.04 bits per heavy atom. The maximum Gasteiger partial charge on any atom is 0.220 e. The molecule has 0 fully saturated rings. The quantitative estimate of drug-likeness (QED) is 0.250. The number of terminal acetylenes is 1. The van der Waals surface area contributed by atoms with E-state index in [9.17, 15) is 4.79 Å². The number of rotatable bonds is 16. The number of aliphatic hydroxyl groups excluding tert-OH is 1. The van der Waals surface area contributed by atoms with E-state index in [2.05, 4.69) is 33.6 Å². The Kier molecular flexibility index (Phi) is 11.6. The molecule has 2 N–H and O–H groups in total. The van der Waals surface area contributed by atoms with E-state index in [0.717, 1.165) is 51.4 Å². The van der Waals surface area contributed by atoms with Crippen LogP contribution in [0.2, 0.25) is 0 Å². The summed E-state index contributed by atoms with van der Waals surface area (Å²) in [6, 6.07) is 0. The molecule has 0 aromatic heterocycles. The Labute approximate surface area is 152 Å². The Balaban J connectivity index is 1.86. The number of allylic oxidation sites excluding steroid dienone is 2. The van der Waals surface area contributed by atoms with E-state index < -0.39 is 0 Å². The molecule has 0 saturated carbocycles. The number of nitrogens with zero attached hydrogens (tertiary/aromatic N) is 2. The molecule has 5 nitrogen and oxygen atoms in total. The molecule has 1 rings (SSSR count). The Morgan fingerprint density at radius 2 is 1.76 bits per heavy atom. The molecule has 1 aliphatic rings. The molecule has 5 heteroatoms. The van der Waals surface area contributed by atoms with Gasteiger partial charge in [-0.05, 0) is 44.9 Å². The molecule has 0 spiro atoms. The fraction of sp³-hybridized carbons (Fsp3) is 0.750. The number of carbonyl (C=O) groups excluding carboxylic acids is 1. The lowest BCUT2D eigenvalue weighted by Crippen LogP contribution is -2.25. The molecule has 0 bridgehead atoms. The summed E-state index contributed by atoms with van der Waals surface area (Å²) in [6.07, 6.45) is 21.9. The second-order valence-electron chi connectivity index (χ2n) is 6.63. The number of hydrogen-bond acceptors (Lipinski definition) is 4. The van der Waals surface area contributed by atoms with E-state index in [4.69, 9.17) is 11.5 Å². The summed E-state index contributed by atoms with van der Waals surface area (Å²) in [5.74, 6) is 2.71. The molecule has 0 aliphatic carbocycles. The van der Waals surface area contributed by atoms with E-state index >= 15 is 0 Å². The highest BCUT2D eigenvalue weighted by atomic mass is 16.3. The number of hydrogen-bond donors (Lipinski definition) is 2. The molecule has 0 unspecified atom stereocenters. The van der Waals surface area contributed by atoms with Gasteiger partial charge < -0.3 is 10.4 Å². The summed E-state index contributed by atoms with van der Waals surface area (Å²) in [5, 5.41) is 19.7. The molecule has 0 aromatic carbocycles. The van der Waals surface area contributed by atoms with Crippen LogP contribution < -0.4 is 5.32 Å². The van der Waals surface area contributed by atoms with Gasteiger partial charge in [-0.15, -0.1) is 12.3 Å². The van der Waals surface area contributed by atoms with Gasteiger partial charge in [0.05, 0.1) is 6.61 Å². The standard InChI is InChI=1S/C20H33N3O2/c1-2-3-12-15-20(22-23-20)16-13-10-8-6-4-5-7-9-11-14-19(25)21-17-18-24/h1,8,10,24H,3-7,9,11-18H2,(H,21,25)/b10-8-. The van der Waals surface area contributed by atoms with Gasteiger partial charge in [-0.3, -0.25) is 4.79 Å². The van der Waals surface area contributed by atoms with E-state index in [1.54, 1.807) is 0 Å². The predicted octanol–water partition coefficient (Wildman–Crippen LogP) is 4.13. The van der Waals surface area contributed by atoms with Gasteiger partial charge in [0.2, 0.25) is 5.91 Å². The highest BCUT2D eigenvalue weighted by molar-refractivity contribution is 5.75. The zero-order valence-corrected chi connectivity index (χ0v) is 15.4. The summed E-state index contributed by atoms with van der Waals surface area (Å²) >= 11 is 0. The molecular formula is C20H33N3O2. The van der Waals surface area contributed by atoms with Crippen LogP contribution in [0.15, 0.2) is 22.4 Å². The molecule has 0 aromatic rings.